The van der Waals surface area contributed by atoms with Crippen molar-refractivity contribution in [1.82, 2.24) is 20.0 Å². The normalized spacial score (nSPS) is 10.3. The molecular weight excluding hydrogens is 254 g/mol. The summed E-state index contributed by atoms with van der Waals surface area (Å²) in [6.45, 7) is 2.05. The molecule has 2 rings (SSSR count). The van der Waals surface area contributed by atoms with Crippen LogP contribution in [0.2, 0.25) is 5.15 Å². The molecule has 2 aromatic heterocycles. The van der Waals surface area contributed by atoms with Crippen molar-refractivity contribution < 1.29 is 4.74 Å². The van der Waals surface area contributed by atoms with Crippen LogP contribution >= 0.6 is 11.6 Å². The molecule has 0 aromatic carbocycles. The van der Waals surface area contributed by atoms with Crippen LogP contribution in [0.15, 0.2) is 12.1 Å². The number of hydrogen-bond donors (Lipinski definition) is 0. The first-order valence-electron chi connectivity index (χ1n) is 5.14. The van der Waals surface area contributed by atoms with Gasteiger partial charge >= 0.3 is 0 Å². The third-order valence-corrected chi connectivity index (χ3v) is 2.64. The summed E-state index contributed by atoms with van der Waals surface area (Å²) >= 11 is 6.09. The third-order valence-electron chi connectivity index (χ3n) is 2.30. The Morgan fingerprint density at radius 3 is 2.78 bits per heavy atom. The van der Waals surface area contributed by atoms with Gasteiger partial charge < -0.3 is 4.74 Å². The van der Waals surface area contributed by atoms with Crippen LogP contribution in [0.3, 0.4) is 0 Å². The van der Waals surface area contributed by atoms with Crippen molar-refractivity contribution in [2.75, 3.05) is 7.11 Å². The van der Waals surface area contributed by atoms with Crippen LogP contribution in [0, 0.1) is 18.3 Å². The Balaban J connectivity index is 2.52. The Labute approximate surface area is 109 Å². The summed E-state index contributed by atoms with van der Waals surface area (Å²) in [6, 6.07) is 5.54. The van der Waals surface area contributed by atoms with Gasteiger partial charge in [-0.1, -0.05) is 11.6 Å². The molecule has 0 radical (unpaired) electrons. The number of aromatic nitrogens is 4. The van der Waals surface area contributed by atoms with E-state index in [9.17, 15) is 0 Å². The molecule has 0 amide bonds. The number of ether oxygens (including phenoxy) is 1. The van der Waals surface area contributed by atoms with E-state index in [4.69, 9.17) is 21.6 Å². The topological polar surface area (TPSA) is 76.6 Å². The fraction of sp³-hybridized carbons (Fsp3) is 0.273. The maximum absolute atomic E-state index is 9.05. The molecule has 0 fully saturated rings. The Kier molecular flexibility index (Phi) is 3.55. The van der Waals surface area contributed by atoms with Gasteiger partial charge in [-0.05, 0) is 19.1 Å². The zero-order chi connectivity index (χ0) is 13.1. The molecule has 0 bridgehead atoms. The average molecular weight is 264 g/mol. The van der Waals surface area contributed by atoms with Crippen LogP contribution in [-0.2, 0) is 11.3 Å². The Morgan fingerprint density at radius 1 is 1.44 bits per heavy atom. The monoisotopic (exact) mass is 263 g/mol. The van der Waals surface area contributed by atoms with Gasteiger partial charge in [-0.25, -0.2) is 4.68 Å². The fourth-order valence-electron chi connectivity index (χ4n) is 1.44. The van der Waals surface area contributed by atoms with Gasteiger partial charge in [0.15, 0.2) is 11.0 Å². The van der Waals surface area contributed by atoms with Crippen molar-refractivity contribution in [2.45, 2.75) is 13.5 Å². The maximum Gasteiger partial charge on any atom is 0.177 e. The van der Waals surface area contributed by atoms with E-state index >= 15 is 0 Å². The second kappa shape index (κ2) is 5.12. The van der Waals surface area contributed by atoms with Gasteiger partial charge in [0, 0.05) is 7.11 Å². The largest absolute Gasteiger partial charge is 0.378 e. The van der Waals surface area contributed by atoms with E-state index in [1.54, 1.807) is 12.1 Å². The first-order chi connectivity index (χ1) is 8.67. The standard InChI is InChI=1S/C11H10ClN5O/c1-7-3-4-10(15-14-7)17-11(12)8(5-13)9(16-17)6-18-2/h3-4H,6H2,1-2H3. The highest BCUT2D eigenvalue weighted by atomic mass is 35.5. The molecule has 0 saturated carbocycles. The average Bonchev–Trinajstić information content (AvgIpc) is 2.67. The molecular formula is C11H10ClN5O. The minimum Gasteiger partial charge on any atom is -0.378 e. The summed E-state index contributed by atoms with van der Waals surface area (Å²) in [5.74, 6) is 0.462. The van der Waals surface area contributed by atoms with E-state index in [1.165, 1.54) is 11.8 Å². The highest BCUT2D eigenvalue weighted by Crippen LogP contribution is 2.22. The number of methoxy groups -OCH3 is 1. The Bertz CT molecular complexity index is 599. The van der Waals surface area contributed by atoms with E-state index in [1.807, 2.05) is 13.0 Å². The zero-order valence-corrected chi connectivity index (χ0v) is 10.6. The molecule has 0 atom stereocenters. The smallest absolute Gasteiger partial charge is 0.177 e. The lowest BCUT2D eigenvalue weighted by molar-refractivity contribution is 0.181. The van der Waals surface area contributed by atoms with E-state index in [0.717, 1.165) is 5.69 Å². The van der Waals surface area contributed by atoms with Gasteiger partial charge in [0.1, 0.15) is 17.3 Å². The lowest BCUT2D eigenvalue weighted by Crippen LogP contribution is -2.02. The molecule has 0 N–H and O–H groups in total. The van der Waals surface area contributed by atoms with E-state index in [-0.39, 0.29) is 11.8 Å². The van der Waals surface area contributed by atoms with Crippen molar-refractivity contribution in [1.29, 1.82) is 5.26 Å². The lowest BCUT2D eigenvalue weighted by Gasteiger charge is -2.00. The highest BCUT2D eigenvalue weighted by Gasteiger charge is 2.17. The van der Waals surface area contributed by atoms with Crippen molar-refractivity contribution in [3.8, 4) is 11.9 Å². The Hall–Kier alpha value is -1.97. The quantitative estimate of drug-likeness (QED) is 0.841. The molecule has 18 heavy (non-hydrogen) atoms. The molecule has 2 heterocycles. The molecule has 92 valence electrons. The van der Waals surface area contributed by atoms with Crippen LogP contribution < -0.4 is 0 Å². The van der Waals surface area contributed by atoms with Crippen molar-refractivity contribution in [2.24, 2.45) is 0 Å². The van der Waals surface area contributed by atoms with Gasteiger partial charge in [0.25, 0.3) is 0 Å². The molecule has 0 aliphatic carbocycles. The fourth-order valence-corrected chi connectivity index (χ4v) is 1.72. The first-order valence-corrected chi connectivity index (χ1v) is 5.52. The summed E-state index contributed by atoms with van der Waals surface area (Å²) < 4.78 is 6.35. The number of halogens is 1. The van der Waals surface area contributed by atoms with Crippen molar-refractivity contribution in [3.63, 3.8) is 0 Å². The minimum absolute atomic E-state index is 0.211. The van der Waals surface area contributed by atoms with Crippen LogP contribution in [0.4, 0.5) is 0 Å². The summed E-state index contributed by atoms with van der Waals surface area (Å²) in [4.78, 5) is 0. The van der Waals surface area contributed by atoms with Crippen molar-refractivity contribution >= 4 is 11.6 Å². The van der Waals surface area contributed by atoms with Crippen LogP contribution in [0.5, 0.6) is 0 Å². The third kappa shape index (κ3) is 2.18. The van der Waals surface area contributed by atoms with Gasteiger partial charge in [0.2, 0.25) is 0 Å². The van der Waals surface area contributed by atoms with Gasteiger partial charge in [-0.2, -0.15) is 15.5 Å². The minimum atomic E-state index is 0.211. The van der Waals surface area contributed by atoms with Crippen LogP contribution in [-0.4, -0.2) is 27.1 Å². The summed E-state index contributed by atoms with van der Waals surface area (Å²) in [7, 11) is 1.53. The first kappa shape index (κ1) is 12.5. The summed E-state index contributed by atoms with van der Waals surface area (Å²) in [5, 5.41) is 21.4. The summed E-state index contributed by atoms with van der Waals surface area (Å²) in [6.07, 6.45) is 0. The second-order valence-electron chi connectivity index (χ2n) is 3.60. The van der Waals surface area contributed by atoms with E-state index < -0.39 is 0 Å². The zero-order valence-electron chi connectivity index (χ0n) is 9.88. The molecule has 0 saturated heterocycles. The Morgan fingerprint density at radius 2 is 2.22 bits per heavy atom. The molecule has 0 aliphatic heterocycles. The molecule has 7 heteroatoms. The lowest BCUT2D eigenvalue weighted by atomic mass is 10.3. The number of nitrogens with zero attached hydrogens (tertiary/aromatic N) is 5. The highest BCUT2D eigenvalue weighted by molar-refractivity contribution is 6.31. The van der Waals surface area contributed by atoms with Crippen LogP contribution in [0.1, 0.15) is 17.0 Å². The molecule has 6 nitrogen and oxygen atoms in total. The van der Waals surface area contributed by atoms with Gasteiger partial charge in [0.05, 0.1) is 12.3 Å². The maximum atomic E-state index is 9.05. The molecule has 0 unspecified atom stereocenters. The SMILES string of the molecule is COCc1nn(-c2ccc(C)nn2)c(Cl)c1C#N. The predicted octanol–water partition coefficient (Wildman–Crippen LogP) is 1.64. The summed E-state index contributed by atoms with van der Waals surface area (Å²) in [5.41, 5.74) is 1.56. The number of rotatable bonds is 3. The number of aryl methyl sites for hydroxylation is 1. The van der Waals surface area contributed by atoms with Crippen molar-refractivity contribution in [3.05, 3.63) is 34.2 Å². The predicted molar refractivity (Wildman–Crippen MR) is 64.3 cm³/mol. The van der Waals surface area contributed by atoms with E-state index in [2.05, 4.69) is 15.3 Å². The van der Waals surface area contributed by atoms with E-state index in [0.29, 0.717) is 17.1 Å². The number of hydrogen-bond acceptors (Lipinski definition) is 5. The van der Waals surface area contributed by atoms with Crippen LogP contribution in [0.25, 0.3) is 5.82 Å². The molecule has 2 aromatic rings. The number of nitriles is 1. The second-order valence-corrected chi connectivity index (χ2v) is 3.96. The van der Waals surface area contributed by atoms with Gasteiger partial charge in [-0.15, -0.1) is 5.10 Å². The molecule has 0 spiro atoms. The van der Waals surface area contributed by atoms with Gasteiger partial charge in [-0.3, -0.25) is 0 Å². The molecule has 0 aliphatic rings.